The number of aliphatic hydroxyl groups is 4. The Morgan fingerprint density at radius 3 is 2.13 bits per heavy atom. The van der Waals surface area contributed by atoms with Crippen LogP contribution < -0.4 is 10.2 Å². The molecule has 1 rings (SSSR count). The van der Waals surface area contributed by atoms with Gasteiger partial charge < -0.3 is 44.2 Å². The zero-order valence-electron chi connectivity index (χ0n) is 35.2. The van der Waals surface area contributed by atoms with E-state index in [2.05, 4.69) is 31.3 Å². The van der Waals surface area contributed by atoms with Crippen LogP contribution in [-0.2, 0) is 18.4 Å². The van der Waals surface area contributed by atoms with E-state index in [1.807, 2.05) is 33.3 Å². The van der Waals surface area contributed by atoms with E-state index in [0.717, 1.165) is 77.0 Å². The van der Waals surface area contributed by atoms with Crippen molar-refractivity contribution in [2.45, 2.75) is 179 Å². The Labute approximate surface area is 334 Å². The van der Waals surface area contributed by atoms with Crippen LogP contribution in [-0.4, -0.2) is 102 Å². The molecule has 5 N–H and O–H groups in total. The first-order valence-electron chi connectivity index (χ1n) is 21.6. The number of unbranched alkanes of at least 4 members (excludes halogenated alkanes) is 13. The van der Waals surface area contributed by atoms with Gasteiger partial charge in [0.15, 0.2) is 0 Å². The van der Waals surface area contributed by atoms with Gasteiger partial charge in [0.2, 0.25) is 5.91 Å². The van der Waals surface area contributed by atoms with Crippen LogP contribution in [0.15, 0.2) is 36.5 Å². The van der Waals surface area contributed by atoms with E-state index in [1.165, 1.54) is 32.1 Å². The Morgan fingerprint density at radius 2 is 1.45 bits per heavy atom. The lowest BCUT2D eigenvalue weighted by Crippen LogP contribution is -2.45. The van der Waals surface area contributed by atoms with Gasteiger partial charge in [-0.1, -0.05) is 121 Å². The van der Waals surface area contributed by atoms with Gasteiger partial charge in [-0.25, -0.2) is 0 Å². The van der Waals surface area contributed by atoms with Crippen molar-refractivity contribution in [1.82, 2.24) is 5.32 Å². The quantitative estimate of drug-likeness (QED) is 0.0195. The molecule has 0 aromatic heterocycles. The van der Waals surface area contributed by atoms with Crippen molar-refractivity contribution in [1.29, 1.82) is 0 Å². The molecule has 0 heterocycles. The average molecular weight is 801 g/mol. The lowest BCUT2D eigenvalue weighted by atomic mass is 9.88. The highest BCUT2D eigenvalue weighted by Crippen LogP contribution is 2.39. The van der Waals surface area contributed by atoms with Gasteiger partial charge in [-0.15, -0.1) is 0 Å². The van der Waals surface area contributed by atoms with Crippen molar-refractivity contribution in [3.05, 3.63) is 36.5 Å². The Bertz CT molecular complexity index is 1110. The number of allylic oxidation sites excluding steroid dienone is 3. The molecule has 12 heteroatoms. The van der Waals surface area contributed by atoms with Crippen molar-refractivity contribution >= 4 is 13.7 Å². The van der Waals surface area contributed by atoms with Crippen LogP contribution >= 0.6 is 7.82 Å². The predicted molar refractivity (Wildman–Crippen MR) is 221 cm³/mol. The Balaban J connectivity index is 2.56. The summed E-state index contributed by atoms with van der Waals surface area (Å²) in [5.41, 5.74) is 0. The second kappa shape index (κ2) is 30.6. The van der Waals surface area contributed by atoms with Crippen molar-refractivity contribution in [2.24, 2.45) is 11.8 Å². The van der Waals surface area contributed by atoms with Crippen molar-refractivity contribution in [3.8, 4) is 0 Å². The SMILES string of the molecule is CCC/C=C\CCCCCCCC/C=C/[C@@H](O)[C@H](COP(=O)([O-])OCC[N+](C)(C)C)NC(=O)CCCCCC[C@@H]1[C@@H](/C=C/[C@@H](O)CCCCC)[C@H](O)C[C@@H]1O. The number of hydrogen-bond acceptors (Lipinski definition) is 9. The number of nitrogens with one attached hydrogen (secondary N) is 1. The maximum absolute atomic E-state index is 13.0. The molecule has 0 saturated heterocycles. The van der Waals surface area contributed by atoms with Crippen LogP contribution in [0.4, 0.5) is 0 Å². The molecule has 0 radical (unpaired) electrons. The number of aliphatic hydroxyl groups excluding tert-OH is 4. The highest BCUT2D eigenvalue weighted by atomic mass is 31.2. The molecule has 1 aliphatic carbocycles. The molecule has 1 saturated carbocycles. The van der Waals surface area contributed by atoms with Crippen LogP contribution in [0, 0.1) is 11.8 Å². The highest BCUT2D eigenvalue weighted by molar-refractivity contribution is 7.45. The Hall–Kier alpha value is -1.40. The summed E-state index contributed by atoms with van der Waals surface area (Å²) in [6, 6.07) is -0.968. The molecule has 8 atom stereocenters. The third kappa shape index (κ3) is 27.0. The number of phosphoric ester groups is 1. The summed E-state index contributed by atoms with van der Waals surface area (Å²) in [5.74, 6) is -0.564. The molecule has 1 fully saturated rings. The summed E-state index contributed by atoms with van der Waals surface area (Å²) in [6.07, 6.45) is 28.2. The van der Waals surface area contributed by atoms with Crippen LogP contribution in [0.25, 0.3) is 0 Å². The fourth-order valence-corrected chi connectivity index (χ4v) is 7.62. The summed E-state index contributed by atoms with van der Waals surface area (Å²) < 4.78 is 23.1. The average Bonchev–Trinajstić information content (AvgIpc) is 3.39. The molecule has 1 amide bonds. The minimum Gasteiger partial charge on any atom is -0.756 e. The normalized spacial score (nSPS) is 22.1. The van der Waals surface area contributed by atoms with E-state index in [-0.39, 0.29) is 30.8 Å². The molecule has 0 aliphatic heterocycles. The van der Waals surface area contributed by atoms with Gasteiger partial charge in [-0.05, 0) is 57.3 Å². The van der Waals surface area contributed by atoms with Gasteiger partial charge in [0, 0.05) is 18.8 Å². The number of carbonyl (C=O) groups excluding carboxylic acids is 1. The maximum atomic E-state index is 13.0. The van der Waals surface area contributed by atoms with Crippen molar-refractivity contribution < 1.29 is 48.2 Å². The number of carbonyl (C=O) groups is 1. The van der Waals surface area contributed by atoms with Gasteiger partial charge in [0.05, 0.1) is 58.2 Å². The van der Waals surface area contributed by atoms with E-state index in [0.29, 0.717) is 30.3 Å². The van der Waals surface area contributed by atoms with E-state index in [1.54, 1.807) is 12.2 Å². The van der Waals surface area contributed by atoms with Crippen molar-refractivity contribution in [3.63, 3.8) is 0 Å². The standard InChI is InChI=1S/C43H81N2O9P/c1-6-8-10-11-12-13-14-15-16-17-18-19-24-28-40(47)39(35-54-55(51,52)53-33-32-45(3,4)5)44-43(50)29-25-21-20-23-27-37-38(42(49)34-41(37)48)31-30-36(46)26-22-9-7-2/h10-11,24,28,30-31,36-42,46-49H,6-9,12-23,25-27,29,32-35H2,1-5H3,(H-,44,50,51,52)/b11-10-,28-24+,31-30+/t36-,37+,38+,39-,40+,41-,42+/m0/s1. The monoisotopic (exact) mass is 801 g/mol. The molecule has 0 spiro atoms. The molecule has 1 unspecified atom stereocenters. The largest absolute Gasteiger partial charge is 0.756 e. The van der Waals surface area contributed by atoms with Crippen LogP contribution in [0.2, 0.25) is 0 Å². The minimum atomic E-state index is -4.65. The summed E-state index contributed by atoms with van der Waals surface area (Å²) in [6.45, 7) is 4.28. The van der Waals surface area contributed by atoms with Gasteiger partial charge in [0.1, 0.15) is 13.2 Å². The fraction of sp³-hybridized carbons (Fsp3) is 0.837. The lowest BCUT2D eigenvalue weighted by molar-refractivity contribution is -0.870. The molecule has 322 valence electrons. The second-order valence-electron chi connectivity index (χ2n) is 16.7. The molecule has 11 nitrogen and oxygen atoms in total. The summed E-state index contributed by atoms with van der Waals surface area (Å²) in [5, 5.41) is 45.2. The Morgan fingerprint density at radius 1 is 0.818 bits per heavy atom. The number of quaternary nitrogens is 1. The number of phosphoric acid groups is 1. The first kappa shape index (κ1) is 51.6. The molecule has 0 bridgehead atoms. The second-order valence-corrected chi connectivity index (χ2v) is 18.1. The van der Waals surface area contributed by atoms with E-state index in [9.17, 15) is 34.7 Å². The van der Waals surface area contributed by atoms with Gasteiger partial charge in [-0.3, -0.25) is 9.36 Å². The number of rotatable bonds is 34. The smallest absolute Gasteiger partial charge is 0.268 e. The van der Waals surface area contributed by atoms with Gasteiger partial charge >= 0.3 is 0 Å². The first-order valence-corrected chi connectivity index (χ1v) is 23.1. The van der Waals surface area contributed by atoms with E-state index >= 15 is 0 Å². The zero-order chi connectivity index (χ0) is 41.0. The molecule has 1 aliphatic rings. The third-order valence-corrected chi connectivity index (χ3v) is 11.4. The van der Waals surface area contributed by atoms with E-state index < -0.39 is 44.9 Å². The summed E-state index contributed by atoms with van der Waals surface area (Å²) in [4.78, 5) is 25.4. The third-order valence-electron chi connectivity index (χ3n) is 10.4. The highest BCUT2D eigenvalue weighted by Gasteiger charge is 2.39. The number of nitrogens with zero attached hydrogens (tertiary/aromatic N) is 1. The zero-order valence-corrected chi connectivity index (χ0v) is 36.1. The fourth-order valence-electron chi connectivity index (χ4n) is 6.90. The lowest BCUT2D eigenvalue weighted by Gasteiger charge is -2.29. The minimum absolute atomic E-state index is 0.0420. The summed E-state index contributed by atoms with van der Waals surface area (Å²) >= 11 is 0. The topological polar surface area (TPSA) is 169 Å². The molecular weight excluding hydrogens is 719 g/mol. The number of hydrogen-bond donors (Lipinski definition) is 5. The van der Waals surface area contributed by atoms with Gasteiger partial charge in [0.25, 0.3) is 7.82 Å². The predicted octanol–water partition coefficient (Wildman–Crippen LogP) is 7.27. The van der Waals surface area contributed by atoms with Crippen LogP contribution in [0.1, 0.15) is 149 Å². The molecule has 55 heavy (non-hydrogen) atoms. The first-order chi connectivity index (χ1) is 26.2. The Kier molecular flexibility index (Phi) is 28.8. The van der Waals surface area contributed by atoms with Gasteiger partial charge in [-0.2, -0.15) is 0 Å². The number of likely N-dealkylation sites (N-methyl/N-ethyl adjacent to an activating group) is 1. The maximum Gasteiger partial charge on any atom is 0.268 e. The number of amides is 1. The van der Waals surface area contributed by atoms with E-state index in [4.69, 9.17) is 9.05 Å². The molecule has 0 aromatic carbocycles. The van der Waals surface area contributed by atoms with Crippen LogP contribution in [0.3, 0.4) is 0 Å². The van der Waals surface area contributed by atoms with Crippen molar-refractivity contribution in [2.75, 3.05) is 40.9 Å². The van der Waals surface area contributed by atoms with Crippen LogP contribution in [0.5, 0.6) is 0 Å². The molecular formula is C43H81N2O9P. The summed E-state index contributed by atoms with van der Waals surface area (Å²) in [7, 11) is 1.12. The molecule has 0 aromatic rings.